The molecule has 0 bridgehead atoms. The predicted octanol–water partition coefficient (Wildman–Crippen LogP) is 3.42. The number of fused-ring (bicyclic) bond motifs is 1. The number of nitrogen functional groups attached to an aromatic ring is 1. The molecule has 1 aromatic carbocycles. The highest BCUT2D eigenvalue weighted by molar-refractivity contribution is 9.10. The fraction of sp³-hybridized carbons (Fsp3) is 0.357. The Morgan fingerprint density at radius 1 is 1.42 bits per heavy atom. The third-order valence-electron chi connectivity index (χ3n) is 2.71. The molecule has 102 valence electrons. The van der Waals surface area contributed by atoms with E-state index in [1.807, 2.05) is 32.0 Å². The summed E-state index contributed by atoms with van der Waals surface area (Å²) in [5, 5.41) is 4.34. The third-order valence-corrected chi connectivity index (χ3v) is 3.21. The van der Waals surface area contributed by atoms with Crippen LogP contribution in [0, 0.1) is 0 Å². The molecule has 0 aliphatic carbocycles. The summed E-state index contributed by atoms with van der Waals surface area (Å²) in [6, 6.07) is 5.95. The quantitative estimate of drug-likeness (QED) is 0.828. The smallest absolute Gasteiger partial charge is 0.0743 e. The molecule has 0 fully saturated rings. The summed E-state index contributed by atoms with van der Waals surface area (Å²) in [7, 11) is 0. The summed E-state index contributed by atoms with van der Waals surface area (Å²) in [5.74, 6) is 0. The summed E-state index contributed by atoms with van der Waals surface area (Å²) < 4.78 is 6.52. The number of nitrogens with one attached hydrogen (secondary N) is 1. The van der Waals surface area contributed by atoms with Crippen LogP contribution in [-0.2, 0) is 4.74 Å². The number of pyridine rings is 1. The van der Waals surface area contributed by atoms with Gasteiger partial charge in [0, 0.05) is 16.4 Å². The van der Waals surface area contributed by atoms with Crippen LogP contribution in [0.1, 0.15) is 13.8 Å². The second-order valence-corrected chi connectivity index (χ2v) is 5.51. The van der Waals surface area contributed by atoms with Crippen molar-refractivity contribution in [2.45, 2.75) is 20.0 Å². The average Bonchev–Trinajstić information content (AvgIpc) is 2.36. The van der Waals surface area contributed by atoms with Crippen LogP contribution in [0.2, 0.25) is 0 Å². The minimum absolute atomic E-state index is 0.238. The number of nitrogens with two attached hydrogens (primary N) is 1. The zero-order valence-corrected chi connectivity index (χ0v) is 12.7. The molecule has 0 atom stereocenters. The highest BCUT2D eigenvalue weighted by atomic mass is 79.9. The Morgan fingerprint density at radius 2 is 2.21 bits per heavy atom. The van der Waals surface area contributed by atoms with Gasteiger partial charge in [-0.3, -0.25) is 4.98 Å². The van der Waals surface area contributed by atoms with Gasteiger partial charge in [0.2, 0.25) is 0 Å². The molecule has 1 heterocycles. The average molecular weight is 324 g/mol. The van der Waals surface area contributed by atoms with Crippen molar-refractivity contribution in [1.29, 1.82) is 0 Å². The number of hydrogen-bond donors (Lipinski definition) is 2. The number of ether oxygens (including phenoxy) is 1. The molecule has 5 heteroatoms. The van der Waals surface area contributed by atoms with Gasteiger partial charge in [-0.05, 0) is 32.0 Å². The van der Waals surface area contributed by atoms with Crippen LogP contribution < -0.4 is 11.1 Å². The predicted molar refractivity (Wildman–Crippen MR) is 83.4 cm³/mol. The number of rotatable bonds is 5. The molecule has 2 aromatic rings. The fourth-order valence-electron chi connectivity index (χ4n) is 1.85. The summed E-state index contributed by atoms with van der Waals surface area (Å²) >= 11 is 3.47. The minimum Gasteiger partial charge on any atom is -0.396 e. The molecule has 0 spiro atoms. The lowest BCUT2D eigenvalue weighted by Crippen LogP contribution is -2.14. The van der Waals surface area contributed by atoms with E-state index in [0.29, 0.717) is 18.8 Å². The lowest BCUT2D eigenvalue weighted by atomic mass is 10.1. The van der Waals surface area contributed by atoms with Crippen LogP contribution in [0.25, 0.3) is 10.9 Å². The zero-order chi connectivity index (χ0) is 13.8. The third kappa shape index (κ3) is 3.58. The van der Waals surface area contributed by atoms with E-state index in [0.717, 1.165) is 21.1 Å². The molecule has 1 aromatic heterocycles. The number of hydrogen-bond acceptors (Lipinski definition) is 4. The SMILES string of the molecule is CC(C)OCCNc1c(N)cnc2ccc(Br)cc12. The van der Waals surface area contributed by atoms with Gasteiger partial charge >= 0.3 is 0 Å². The van der Waals surface area contributed by atoms with E-state index in [4.69, 9.17) is 10.5 Å². The molecule has 0 aliphatic heterocycles. The number of halogens is 1. The van der Waals surface area contributed by atoms with Crippen LogP contribution in [0.4, 0.5) is 11.4 Å². The van der Waals surface area contributed by atoms with Gasteiger partial charge in [0.05, 0.1) is 35.8 Å². The molecule has 19 heavy (non-hydrogen) atoms. The maximum atomic E-state index is 6.00. The summed E-state index contributed by atoms with van der Waals surface area (Å²) in [6.45, 7) is 5.41. The Bertz CT molecular complexity index is 567. The second kappa shape index (κ2) is 6.21. The van der Waals surface area contributed by atoms with Crippen LogP contribution in [-0.4, -0.2) is 24.2 Å². The van der Waals surface area contributed by atoms with E-state index in [2.05, 4.69) is 26.2 Å². The first kappa shape index (κ1) is 14.1. The van der Waals surface area contributed by atoms with Crippen LogP contribution in [0.15, 0.2) is 28.9 Å². The summed E-state index contributed by atoms with van der Waals surface area (Å²) in [4.78, 5) is 4.32. The van der Waals surface area contributed by atoms with Gasteiger partial charge in [-0.1, -0.05) is 15.9 Å². The van der Waals surface area contributed by atoms with Gasteiger partial charge in [-0.2, -0.15) is 0 Å². The van der Waals surface area contributed by atoms with E-state index in [1.165, 1.54) is 0 Å². The van der Waals surface area contributed by atoms with E-state index in [-0.39, 0.29) is 6.10 Å². The Balaban J connectivity index is 2.20. The Hall–Kier alpha value is -1.33. The van der Waals surface area contributed by atoms with Gasteiger partial charge in [0.25, 0.3) is 0 Å². The standard InChI is InChI=1S/C14H18BrN3O/c1-9(2)19-6-5-17-14-11-7-10(15)3-4-13(11)18-8-12(14)16/h3-4,7-9H,5-6,16H2,1-2H3,(H,17,18). The number of nitrogens with zero attached hydrogens (tertiary/aromatic N) is 1. The highest BCUT2D eigenvalue weighted by Crippen LogP contribution is 2.29. The van der Waals surface area contributed by atoms with Gasteiger partial charge < -0.3 is 15.8 Å². The fourth-order valence-corrected chi connectivity index (χ4v) is 2.21. The molecule has 0 aliphatic rings. The van der Waals surface area contributed by atoms with Crippen molar-refractivity contribution in [3.8, 4) is 0 Å². The molecule has 0 amide bonds. The van der Waals surface area contributed by atoms with Crippen molar-refractivity contribution < 1.29 is 4.74 Å². The molecule has 0 saturated heterocycles. The lowest BCUT2D eigenvalue weighted by molar-refractivity contribution is 0.0871. The molecule has 0 saturated carbocycles. The van der Waals surface area contributed by atoms with Crippen molar-refractivity contribution in [3.05, 3.63) is 28.9 Å². The van der Waals surface area contributed by atoms with Crippen LogP contribution in [0.5, 0.6) is 0 Å². The molecule has 0 unspecified atom stereocenters. The van der Waals surface area contributed by atoms with E-state index >= 15 is 0 Å². The van der Waals surface area contributed by atoms with Crippen molar-refractivity contribution in [2.75, 3.05) is 24.2 Å². The maximum Gasteiger partial charge on any atom is 0.0743 e. The highest BCUT2D eigenvalue weighted by Gasteiger charge is 2.07. The van der Waals surface area contributed by atoms with E-state index in [9.17, 15) is 0 Å². The number of anilines is 2. The first-order valence-electron chi connectivity index (χ1n) is 6.27. The van der Waals surface area contributed by atoms with Crippen molar-refractivity contribution >= 4 is 38.2 Å². The Morgan fingerprint density at radius 3 is 2.95 bits per heavy atom. The van der Waals surface area contributed by atoms with Crippen LogP contribution >= 0.6 is 15.9 Å². The normalized spacial score (nSPS) is 11.2. The topological polar surface area (TPSA) is 60.2 Å². The van der Waals surface area contributed by atoms with Gasteiger partial charge in [0.15, 0.2) is 0 Å². The second-order valence-electron chi connectivity index (χ2n) is 4.60. The largest absolute Gasteiger partial charge is 0.396 e. The molecule has 4 nitrogen and oxygen atoms in total. The minimum atomic E-state index is 0.238. The first-order valence-corrected chi connectivity index (χ1v) is 7.06. The van der Waals surface area contributed by atoms with Crippen molar-refractivity contribution in [1.82, 2.24) is 4.98 Å². The molecule has 2 rings (SSSR count). The number of benzene rings is 1. The Kier molecular flexibility index (Phi) is 4.61. The Labute approximate surface area is 121 Å². The summed E-state index contributed by atoms with van der Waals surface area (Å²) in [5.41, 5.74) is 8.48. The molecular weight excluding hydrogens is 306 g/mol. The van der Waals surface area contributed by atoms with Gasteiger partial charge in [-0.15, -0.1) is 0 Å². The molecule has 0 radical (unpaired) electrons. The van der Waals surface area contributed by atoms with Gasteiger partial charge in [-0.25, -0.2) is 0 Å². The van der Waals surface area contributed by atoms with E-state index in [1.54, 1.807) is 6.20 Å². The van der Waals surface area contributed by atoms with E-state index < -0.39 is 0 Å². The van der Waals surface area contributed by atoms with Crippen LogP contribution in [0.3, 0.4) is 0 Å². The zero-order valence-electron chi connectivity index (χ0n) is 11.1. The monoisotopic (exact) mass is 323 g/mol. The lowest BCUT2D eigenvalue weighted by Gasteiger charge is -2.13. The van der Waals surface area contributed by atoms with Crippen molar-refractivity contribution in [2.24, 2.45) is 0 Å². The summed E-state index contributed by atoms with van der Waals surface area (Å²) in [6.07, 6.45) is 1.92. The molecule has 3 N–H and O–H groups in total. The maximum absolute atomic E-state index is 6.00. The first-order chi connectivity index (χ1) is 9.08. The molecular formula is C14H18BrN3O. The number of aromatic nitrogens is 1. The van der Waals surface area contributed by atoms with Gasteiger partial charge in [0.1, 0.15) is 0 Å². The van der Waals surface area contributed by atoms with Crippen molar-refractivity contribution in [3.63, 3.8) is 0 Å².